The van der Waals surface area contributed by atoms with Crippen LogP contribution in [0.4, 0.5) is 0 Å². The number of nitrogens with zero attached hydrogens (tertiary/aromatic N) is 1. The predicted molar refractivity (Wildman–Crippen MR) is 74.0 cm³/mol. The van der Waals surface area contributed by atoms with E-state index >= 15 is 0 Å². The average molecular weight is 263 g/mol. The van der Waals surface area contributed by atoms with Crippen molar-refractivity contribution in [2.75, 3.05) is 32.8 Å². The van der Waals surface area contributed by atoms with Crippen molar-refractivity contribution in [3.05, 3.63) is 12.2 Å². The maximum absolute atomic E-state index is 5.94. The van der Waals surface area contributed by atoms with Gasteiger partial charge in [-0.05, 0) is 43.4 Å². The van der Waals surface area contributed by atoms with Crippen LogP contribution in [0.15, 0.2) is 12.2 Å². The zero-order valence-corrected chi connectivity index (χ0v) is 11.7. The lowest BCUT2D eigenvalue weighted by Gasteiger charge is -2.37. The normalized spacial score (nSPS) is 46.2. The number of morpholine rings is 1. The molecule has 0 spiro atoms. The Balaban J connectivity index is 1.32. The highest BCUT2D eigenvalue weighted by Crippen LogP contribution is 2.43. The van der Waals surface area contributed by atoms with E-state index in [0.717, 1.165) is 44.1 Å². The topological polar surface area (TPSA) is 21.7 Å². The van der Waals surface area contributed by atoms with Gasteiger partial charge >= 0.3 is 0 Å². The van der Waals surface area contributed by atoms with Crippen molar-refractivity contribution in [2.24, 2.45) is 17.8 Å². The number of fused-ring (bicyclic) bond motifs is 2. The molecule has 3 heteroatoms. The van der Waals surface area contributed by atoms with Crippen LogP contribution in [0.2, 0.25) is 0 Å². The van der Waals surface area contributed by atoms with Crippen LogP contribution in [-0.4, -0.2) is 50.0 Å². The molecular formula is C16H25NO2. The predicted octanol–water partition coefficient (Wildman–Crippen LogP) is 2.08. The van der Waals surface area contributed by atoms with Crippen LogP contribution >= 0.6 is 0 Å². The summed E-state index contributed by atoms with van der Waals surface area (Å²) in [4.78, 5) is 2.63. The molecule has 3 nitrogen and oxygen atoms in total. The zero-order chi connectivity index (χ0) is 12.7. The molecule has 0 aromatic carbocycles. The molecule has 0 aromatic heterocycles. The monoisotopic (exact) mass is 263 g/mol. The molecule has 2 bridgehead atoms. The van der Waals surface area contributed by atoms with E-state index in [-0.39, 0.29) is 0 Å². The summed E-state index contributed by atoms with van der Waals surface area (Å²) >= 11 is 0. The lowest BCUT2D eigenvalue weighted by atomic mass is 9.92. The molecule has 5 atom stereocenters. The summed E-state index contributed by atoms with van der Waals surface area (Å²) in [6.07, 6.45) is 10.8. The Morgan fingerprint density at radius 3 is 2.74 bits per heavy atom. The van der Waals surface area contributed by atoms with Gasteiger partial charge in [-0.3, -0.25) is 4.90 Å². The van der Waals surface area contributed by atoms with Crippen molar-refractivity contribution in [1.82, 2.24) is 4.90 Å². The molecule has 1 saturated carbocycles. The quantitative estimate of drug-likeness (QED) is 0.728. The minimum atomic E-state index is 0.324. The third-order valence-electron chi connectivity index (χ3n) is 5.47. The highest BCUT2D eigenvalue weighted by atomic mass is 16.5. The lowest BCUT2D eigenvalue weighted by molar-refractivity contribution is -0.0969. The minimum absolute atomic E-state index is 0.324. The Labute approximate surface area is 115 Å². The van der Waals surface area contributed by atoms with Gasteiger partial charge in [0.2, 0.25) is 0 Å². The van der Waals surface area contributed by atoms with Crippen molar-refractivity contribution >= 4 is 0 Å². The molecule has 2 heterocycles. The van der Waals surface area contributed by atoms with Crippen LogP contribution in [-0.2, 0) is 9.47 Å². The van der Waals surface area contributed by atoms with Gasteiger partial charge in [-0.25, -0.2) is 0 Å². The maximum atomic E-state index is 5.94. The first-order valence-electron chi connectivity index (χ1n) is 8.02. The third kappa shape index (κ3) is 2.48. The van der Waals surface area contributed by atoms with E-state index < -0.39 is 0 Å². The van der Waals surface area contributed by atoms with Crippen LogP contribution in [0, 0.1) is 17.8 Å². The number of rotatable bonds is 3. The number of hydrogen-bond acceptors (Lipinski definition) is 3. The molecule has 19 heavy (non-hydrogen) atoms. The van der Waals surface area contributed by atoms with Gasteiger partial charge in [0.1, 0.15) is 0 Å². The molecule has 2 saturated heterocycles. The number of hydrogen-bond donors (Lipinski definition) is 0. The number of allylic oxidation sites excluding steroid dienone is 2. The van der Waals surface area contributed by atoms with Crippen LogP contribution in [0.1, 0.15) is 25.7 Å². The molecule has 106 valence electrons. The molecule has 0 aromatic rings. The SMILES string of the molecule is C1=C[C@H]2C[C@H]1C[C@@H]2CN1CCO[C@@H]([C@H]2CCCO2)C1. The fourth-order valence-electron chi connectivity index (χ4n) is 4.45. The van der Waals surface area contributed by atoms with Gasteiger partial charge in [0.05, 0.1) is 18.8 Å². The Kier molecular flexibility index (Phi) is 3.38. The van der Waals surface area contributed by atoms with E-state index in [4.69, 9.17) is 9.47 Å². The molecule has 0 radical (unpaired) electrons. The van der Waals surface area contributed by atoms with E-state index in [1.54, 1.807) is 0 Å². The Hall–Kier alpha value is -0.380. The number of ether oxygens (including phenoxy) is 2. The highest BCUT2D eigenvalue weighted by Gasteiger charge is 2.38. The molecule has 0 amide bonds. The molecule has 0 unspecified atom stereocenters. The fraction of sp³-hybridized carbons (Fsp3) is 0.875. The van der Waals surface area contributed by atoms with Crippen molar-refractivity contribution in [3.8, 4) is 0 Å². The second-order valence-electron chi connectivity index (χ2n) is 6.76. The van der Waals surface area contributed by atoms with E-state index in [2.05, 4.69) is 17.1 Å². The summed E-state index contributed by atoms with van der Waals surface area (Å²) in [6, 6.07) is 0. The van der Waals surface area contributed by atoms with Gasteiger partial charge < -0.3 is 9.47 Å². The second-order valence-corrected chi connectivity index (χ2v) is 6.76. The van der Waals surface area contributed by atoms with Crippen LogP contribution in [0.3, 0.4) is 0 Å². The summed E-state index contributed by atoms with van der Waals surface area (Å²) in [5.74, 6) is 2.66. The smallest absolute Gasteiger partial charge is 0.0963 e. The first-order chi connectivity index (χ1) is 9.38. The maximum Gasteiger partial charge on any atom is 0.0963 e. The van der Waals surface area contributed by atoms with Crippen LogP contribution in [0.25, 0.3) is 0 Å². The third-order valence-corrected chi connectivity index (χ3v) is 5.47. The largest absolute Gasteiger partial charge is 0.375 e. The Morgan fingerprint density at radius 2 is 2.00 bits per heavy atom. The van der Waals surface area contributed by atoms with Gasteiger partial charge in [-0.2, -0.15) is 0 Å². The summed E-state index contributed by atoms with van der Waals surface area (Å²) in [5, 5.41) is 0. The standard InChI is InChI=1S/C16H25NO2/c1-2-15(18-6-1)16-11-17(5-7-19-16)10-14-9-12-3-4-13(14)8-12/h3-4,12-16H,1-2,5-11H2/t12-,13-,14+,15+,16+/m0/s1. The first-order valence-corrected chi connectivity index (χ1v) is 8.02. The van der Waals surface area contributed by atoms with Gasteiger partial charge in [0, 0.05) is 26.2 Å². The summed E-state index contributed by atoms with van der Waals surface area (Å²) in [7, 11) is 0. The molecule has 2 aliphatic carbocycles. The molecule has 4 aliphatic rings. The van der Waals surface area contributed by atoms with Crippen molar-refractivity contribution in [2.45, 2.75) is 37.9 Å². The van der Waals surface area contributed by atoms with Gasteiger partial charge in [-0.1, -0.05) is 12.2 Å². The Bertz CT molecular complexity index is 351. The van der Waals surface area contributed by atoms with Crippen molar-refractivity contribution in [3.63, 3.8) is 0 Å². The second kappa shape index (κ2) is 5.19. The average Bonchev–Trinajstić information content (AvgIpc) is 3.17. The fourth-order valence-corrected chi connectivity index (χ4v) is 4.45. The van der Waals surface area contributed by atoms with Gasteiger partial charge in [-0.15, -0.1) is 0 Å². The highest BCUT2D eigenvalue weighted by molar-refractivity contribution is 5.10. The zero-order valence-electron chi connectivity index (χ0n) is 11.7. The van der Waals surface area contributed by atoms with Crippen molar-refractivity contribution in [1.29, 1.82) is 0 Å². The van der Waals surface area contributed by atoms with E-state index in [1.165, 1.54) is 32.2 Å². The minimum Gasteiger partial charge on any atom is -0.375 e. The molecule has 4 rings (SSSR count). The molecule has 0 N–H and O–H groups in total. The lowest BCUT2D eigenvalue weighted by Crippen LogP contribution is -2.49. The van der Waals surface area contributed by atoms with E-state index in [0.29, 0.717) is 12.2 Å². The summed E-state index contributed by atoms with van der Waals surface area (Å²) in [5.41, 5.74) is 0. The van der Waals surface area contributed by atoms with E-state index in [9.17, 15) is 0 Å². The summed E-state index contributed by atoms with van der Waals surface area (Å²) in [6.45, 7) is 5.30. The Morgan fingerprint density at radius 1 is 1.05 bits per heavy atom. The molecule has 2 aliphatic heterocycles. The molecule has 3 fully saturated rings. The molecular weight excluding hydrogens is 238 g/mol. The van der Waals surface area contributed by atoms with E-state index in [1.807, 2.05) is 0 Å². The first kappa shape index (κ1) is 12.4. The summed E-state index contributed by atoms with van der Waals surface area (Å²) < 4.78 is 11.7. The van der Waals surface area contributed by atoms with Crippen LogP contribution in [0.5, 0.6) is 0 Å². The van der Waals surface area contributed by atoms with Gasteiger partial charge in [0.25, 0.3) is 0 Å². The van der Waals surface area contributed by atoms with Gasteiger partial charge in [0.15, 0.2) is 0 Å². The van der Waals surface area contributed by atoms with Crippen molar-refractivity contribution < 1.29 is 9.47 Å². The van der Waals surface area contributed by atoms with Crippen LogP contribution < -0.4 is 0 Å².